The Morgan fingerprint density at radius 3 is 2.78 bits per heavy atom. The standard InChI is InChI=1S/C23H24N6O2S/c1-4-29-19(13-24-21(30)16-9-7-8-14(2)12-16)27-28-23(29)32-15(3)20-25-18-11-6-5-10-17(18)22(31)26-20/h5-12,15H,4,13H2,1-3H3,(H,24,30)(H,25,26,31). The lowest BCUT2D eigenvalue weighted by Crippen LogP contribution is -2.24. The number of rotatable bonds is 7. The highest BCUT2D eigenvalue weighted by molar-refractivity contribution is 7.99. The summed E-state index contributed by atoms with van der Waals surface area (Å²) in [6.07, 6.45) is 0. The molecular formula is C23H24N6O2S. The van der Waals surface area contributed by atoms with Crippen LogP contribution >= 0.6 is 11.8 Å². The molecular weight excluding hydrogens is 424 g/mol. The minimum atomic E-state index is -0.158. The van der Waals surface area contributed by atoms with E-state index in [2.05, 4.69) is 25.5 Å². The zero-order valence-electron chi connectivity index (χ0n) is 18.1. The van der Waals surface area contributed by atoms with E-state index in [1.54, 1.807) is 12.1 Å². The Bertz CT molecular complexity index is 1330. The van der Waals surface area contributed by atoms with Crippen molar-refractivity contribution in [2.75, 3.05) is 0 Å². The number of fused-ring (bicyclic) bond motifs is 1. The number of para-hydroxylation sites is 1. The molecule has 0 spiro atoms. The minimum absolute atomic E-state index is 0.142. The second kappa shape index (κ2) is 9.35. The third-order valence-electron chi connectivity index (χ3n) is 5.10. The molecule has 1 amide bonds. The topological polar surface area (TPSA) is 106 Å². The smallest absolute Gasteiger partial charge is 0.258 e. The summed E-state index contributed by atoms with van der Waals surface area (Å²) in [5.74, 6) is 1.10. The molecule has 0 bridgehead atoms. The molecule has 0 saturated carbocycles. The number of carbonyl (C=O) groups excluding carboxylic acids is 1. The van der Waals surface area contributed by atoms with Gasteiger partial charge in [-0.2, -0.15) is 0 Å². The van der Waals surface area contributed by atoms with E-state index in [0.29, 0.717) is 39.8 Å². The third-order valence-corrected chi connectivity index (χ3v) is 6.19. The van der Waals surface area contributed by atoms with Crippen molar-refractivity contribution in [3.05, 3.63) is 81.7 Å². The van der Waals surface area contributed by atoms with Crippen molar-refractivity contribution in [1.82, 2.24) is 30.0 Å². The highest BCUT2D eigenvalue weighted by Crippen LogP contribution is 2.32. The van der Waals surface area contributed by atoms with Crippen LogP contribution in [0.15, 0.2) is 58.5 Å². The van der Waals surface area contributed by atoms with Crippen LogP contribution in [-0.4, -0.2) is 30.6 Å². The van der Waals surface area contributed by atoms with Crippen molar-refractivity contribution in [3.63, 3.8) is 0 Å². The number of thioether (sulfide) groups is 1. The van der Waals surface area contributed by atoms with E-state index in [1.807, 2.05) is 61.7 Å². The van der Waals surface area contributed by atoms with Crippen molar-refractivity contribution in [3.8, 4) is 0 Å². The molecule has 0 aliphatic heterocycles. The number of nitrogens with zero attached hydrogens (tertiary/aromatic N) is 4. The summed E-state index contributed by atoms with van der Waals surface area (Å²) >= 11 is 1.46. The number of aromatic nitrogens is 5. The average Bonchev–Trinajstić information content (AvgIpc) is 3.18. The molecule has 4 rings (SSSR count). The van der Waals surface area contributed by atoms with Gasteiger partial charge in [-0.05, 0) is 45.0 Å². The van der Waals surface area contributed by atoms with Crippen molar-refractivity contribution < 1.29 is 4.79 Å². The number of nitrogens with one attached hydrogen (secondary N) is 2. The Morgan fingerprint density at radius 1 is 1.19 bits per heavy atom. The molecule has 8 nitrogen and oxygen atoms in total. The van der Waals surface area contributed by atoms with E-state index in [0.717, 1.165) is 5.56 Å². The van der Waals surface area contributed by atoms with Gasteiger partial charge in [0, 0.05) is 12.1 Å². The van der Waals surface area contributed by atoms with Gasteiger partial charge in [0.2, 0.25) is 0 Å². The van der Waals surface area contributed by atoms with Gasteiger partial charge in [-0.25, -0.2) is 4.98 Å². The average molecular weight is 449 g/mol. The van der Waals surface area contributed by atoms with Crippen molar-refractivity contribution in [2.45, 2.75) is 44.3 Å². The van der Waals surface area contributed by atoms with Crippen molar-refractivity contribution in [2.24, 2.45) is 0 Å². The van der Waals surface area contributed by atoms with E-state index >= 15 is 0 Å². The molecule has 0 radical (unpaired) electrons. The predicted molar refractivity (Wildman–Crippen MR) is 125 cm³/mol. The number of carbonyl (C=O) groups is 1. The van der Waals surface area contributed by atoms with Crippen LogP contribution in [0.4, 0.5) is 0 Å². The first kappa shape index (κ1) is 21.8. The summed E-state index contributed by atoms with van der Waals surface area (Å²) < 4.78 is 1.96. The van der Waals surface area contributed by atoms with E-state index in [1.165, 1.54) is 11.8 Å². The normalized spacial score (nSPS) is 12.1. The van der Waals surface area contributed by atoms with E-state index < -0.39 is 0 Å². The zero-order chi connectivity index (χ0) is 22.7. The summed E-state index contributed by atoms with van der Waals surface area (Å²) in [6.45, 7) is 6.84. The number of aryl methyl sites for hydroxylation is 1. The molecule has 0 aliphatic carbocycles. The molecule has 164 valence electrons. The van der Waals surface area contributed by atoms with Crippen LogP contribution in [0, 0.1) is 6.92 Å². The summed E-state index contributed by atoms with van der Waals surface area (Å²) in [6, 6.07) is 14.7. The van der Waals surface area contributed by atoms with Crippen LogP contribution in [0.2, 0.25) is 0 Å². The molecule has 0 saturated heterocycles. The maximum atomic E-state index is 12.5. The molecule has 2 aromatic heterocycles. The molecule has 0 fully saturated rings. The van der Waals surface area contributed by atoms with Crippen LogP contribution in [0.1, 0.15) is 46.7 Å². The number of aromatic amines is 1. The number of hydrogen-bond donors (Lipinski definition) is 2. The van der Waals surface area contributed by atoms with Crippen LogP contribution in [0.5, 0.6) is 0 Å². The van der Waals surface area contributed by atoms with Gasteiger partial charge in [0.25, 0.3) is 11.5 Å². The molecule has 0 aliphatic rings. The monoisotopic (exact) mass is 448 g/mol. The van der Waals surface area contributed by atoms with E-state index in [-0.39, 0.29) is 23.3 Å². The number of H-pyrrole nitrogens is 1. The highest BCUT2D eigenvalue weighted by Gasteiger charge is 2.18. The first-order valence-corrected chi connectivity index (χ1v) is 11.3. The molecule has 2 aromatic carbocycles. The Hall–Kier alpha value is -3.46. The quantitative estimate of drug-likeness (QED) is 0.418. The van der Waals surface area contributed by atoms with Gasteiger partial charge in [-0.1, -0.05) is 41.6 Å². The molecule has 2 N–H and O–H groups in total. The predicted octanol–water partition coefficient (Wildman–Crippen LogP) is 3.63. The fourth-order valence-electron chi connectivity index (χ4n) is 3.41. The van der Waals surface area contributed by atoms with Gasteiger partial charge < -0.3 is 14.9 Å². The summed E-state index contributed by atoms with van der Waals surface area (Å²) in [7, 11) is 0. The summed E-state index contributed by atoms with van der Waals surface area (Å²) in [5, 5.41) is 12.6. The number of benzene rings is 2. The summed E-state index contributed by atoms with van der Waals surface area (Å²) in [5.41, 5.74) is 2.15. The summed E-state index contributed by atoms with van der Waals surface area (Å²) in [4.78, 5) is 32.3. The van der Waals surface area contributed by atoms with Gasteiger partial charge in [0.1, 0.15) is 5.82 Å². The first-order chi connectivity index (χ1) is 15.5. The van der Waals surface area contributed by atoms with Gasteiger partial charge in [-0.15, -0.1) is 10.2 Å². The lowest BCUT2D eigenvalue weighted by Gasteiger charge is -2.12. The van der Waals surface area contributed by atoms with Crippen molar-refractivity contribution >= 4 is 28.6 Å². The molecule has 32 heavy (non-hydrogen) atoms. The minimum Gasteiger partial charge on any atom is -0.345 e. The fourth-order valence-corrected chi connectivity index (χ4v) is 4.40. The number of hydrogen-bond acceptors (Lipinski definition) is 6. The SMILES string of the molecule is CCn1c(CNC(=O)c2cccc(C)c2)nnc1SC(C)c1nc2ccccc2c(=O)[nH]1. The second-order valence-corrected chi connectivity index (χ2v) is 8.73. The fraction of sp³-hybridized carbons (Fsp3) is 0.261. The zero-order valence-corrected chi connectivity index (χ0v) is 18.9. The Morgan fingerprint density at radius 2 is 2.00 bits per heavy atom. The highest BCUT2D eigenvalue weighted by atomic mass is 32.2. The Labute approximate surface area is 189 Å². The maximum Gasteiger partial charge on any atom is 0.258 e. The molecule has 4 aromatic rings. The molecule has 2 heterocycles. The van der Waals surface area contributed by atoms with Gasteiger partial charge >= 0.3 is 0 Å². The molecule has 1 atom stereocenters. The lowest BCUT2D eigenvalue weighted by molar-refractivity contribution is 0.0949. The van der Waals surface area contributed by atoms with Crippen molar-refractivity contribution in [1.29, 1.82) is 0 Å². The Balaban J connectivity index is 1.49. The second-order valence-electron chi connectivity index (χ2n) is 7.42. The van der Waals surface area contributed by atoms with E-state index in [4.69, 9.17) is 0 Å². The largest absolute Gasteiger partial charge is 0.345 e. The van der Waals surface area contributed by atoms with Gasteiger partial charge in [0.15, 0.2) is 11.0 Å². The molecule has 1 unspecified atom stereocenters. The first-order valence-electron chi connectivity index (χ1n) is 10.4. The van der Waals surface area contributed by atoms with Crippen LogP contribution < -0.4 is 10.9 Å². The van der Waals surface area contributed by atoms with Crippen LogP contribution in [0.3, 0.4) is 0 Å². The maximum absolute atomic E-state index is 12.5. The van der Waals surface area contributed by atoms with Gasteiger partial charge in [-0.3, -0.25) is 9.59 Å². The van der Waals surface area contributed by atoms with Gasteiger partial charge in [0.05, 0.1) is 22.7 Å². The third kappa shape index (κ3) is 4.57. The molecule has 9 heteroatoms. The number of amides is 1. The van der Waals surface area contributed by atoms with E-state index in [9.17, 15) is 9.59 Å². The lowest BCUT2D eigenvalue weighted by atomic mass is 10.1. The van der Waals surface area contributed by atoms with Crippen LogP contribution in [0.25, 0.3) is 10.9 Å². The Kier molecular flexibility index (Phi) is 6.36. The van der Waals surface area contributed by atoms with Crippen LogP contribution in [-0.2, 0) is 13.1 Å².